The highest BCUT2D eigenvalue weighted by Gasteiger charge is 2.14. The highest BCUT2D eigenvalue weighted by Crippen LogP contribution is 2.37. The average Bonchev–Trinajstić information content (AvgIpc) is 2.80. The Morgan fingerprint density at radius 3 is 2.61 bits per heavy atom. The Balaban J connectivity index is 1.73. The Morgan fingerprint density at radius 1 is 1.09 bits per heavy atom. The number of nitro groups is 1. The highest BCUT2D eigenvalue weighted by atomic mass is 35.5. The van der Waals surface area contributed by atoms with Crippen LogP contribution in [0.25, 0.3) is 0 Å². The van der Waals surface area contributed by atoms with Gasteiger partial charge in [0, 0.05) is 28.3 Å². The first-order chi connectivity index (χ1) is 15.9. The number of halogens is 2. The van der Waals surface area contributed by atoms with Crippen LogP contribution in [-0.2, 0) is 6.61 Å². The summed E-state index contributed by atoms with van der Waals surface area (Å²) in [5.74, 6) is 0.172. The molecular formula is C23H19Cl2N3O5. The van der Waals surface area contributed by atoms with E-state index < -0.39 is 10.8 Å². The van der Waals surface area contributed by atoms with Crippen molar-refractivity contribution < 1.29 is 19.2 Å². The number of carbonyl (C=O) groups excluding carboxylic acids is 1. The predicted octanol–water partition coefficient (Wildman–Crippen LogP) is 5.64. The summed E-state index contributed by atoms with van der Waals surface area (Å²) in [6, 6.07) is 15.9. The summed E-state index contributed by atoms with van der Waals surface area (Å²) < 4.78 is 11.5. The molecule has 8 nitrogen and oxygen atoms in total. The smallest absolute Gasteiger partial charge is 0.271 e. The van der Waals surface area contributed by atoms with Crippen molar-refractivity contribution in [1.82, 2.24) is 5.43 Å². The monoisotopic (exact) mass is 487 g/mol. The number of carbonyl (C=O) groups is 1. The van der Waals surface area contributed by atoms with Crippen molar-refractivity contribution in [2.75, 3.05) is 6.61 Å². The average molecular weight is 488 g/mol. The van der Waals surface area contributed by atoms with E-state index in [-0.39, 0.29) is 17.9 Å². The van der Waals surface area contributed by atoms with Crippen LogP contribution < -0.4 is 14.9 Å². The molecule has 0 atom stereocenters. The fraction of sp³-hybridized carbons (Fsp3) is 0.130. The van der Waals surface area contributed by atoms with Crippen LogP contribution in [0, 0.1) is 10.1 Å². The lowest BCUT2D eigenvalue weighted by Gasteiger charge is -2.15. The van der Waals surface area contributed by atoms with E-state index in [1.165, 1.54) is 30.5 Å². The minimum atomic E-state index is -0.592. The standard InChI is InChI=1S/C23H19Cl2N3O5/c1-2-32-21-11-15(10-20(25)22(21)33-14-17-6-3-4-9-19(17)24)13-26-27-23(29)16-7-5-8-18(12-16)28(30)31/h3-13H,2,14H2,1H3,(H,27,29)/b26-13-. The molecule has 0 aliphatic rings. The molecule has 0 aliphatic carbocycles. The minimum absolute atomic E-state index is 0.109. The first kappa shape index (κ1) is 24.0. The SMILES string of the molecule is CCOc1cc(/C=N\NC(=O)c2cccc([N+](=O)[O-])c2)cc(Cl)c1OCc1ccccc1Cl. The normalized spacial score (nSPS) is 10.8. The van der Waals surface area contributed by atoms with Crippen LogP contribution in [0.4, 0.5) is 5.69 Å². The number of rotatable bonds is 9. The quantitative estimate of drug-likeness (QED) is 0.239. The molecule has 3 aromatic carbocycles. The van der Waals surface area contributed by atoms with Crippen LogP contribution in [0.15, 0.2) is 65.8 Å². The molecule has 0 aliphatic heterocycles. The molecule has 0 saturated carbocycles. The van der Waals surface area contributed by atoms with Gasteiger partial charge < -0.3 is 9.47 Å². The molecule has 0 fully saturated rings. The summed E-state index contributed by atoms with van der Waals surface area (Å²) in [5.41, 5.74) is 3.60. The fourth-order valence-corrected chi connectivity index (χ4v) is 3.29. The third kappa shape index (κ3) is 6.44. The molecule has 33 heavy (non-hydrogen) atoms. The molecule has 0 saturated heterocycles. The van der Waals surface area contributed by atoms with E-state index in [0.717, 1.165) is 5.56 Å². The molecule has 0 aromatic heterocycles. The van der Waals surface area contributed by atoms with Gasteiger partial charge in [0.1, 0.15) is 6.61 Å². The lowest BCUT2D eigenvalue weighted by Crippen LogP contribution is -2.17. The van der Waals surface area contributed by atoms with Gasteiger partial charge in [0.15, 0.2) is 11.5 Å². The second-order valence-corrected chi connectivity index (χ2v) is 7.46. The maximum atomic E-state index is 12.2. The van der Waals surface area contributed by atoms with E-state index in [4.69, 9.17) is 32.7 Å². The van der Waals surface area contributed by atoms with Crippen molar-refractivity contribution in [3.05, 3.63) is 97.5 Å². The van der Waals surface area contributed by atoms with E-state index in [9.17, 15) is 14.9 Å². The first-order valence-corrected chi connectivity index (χ1v) is 10.5. The van der Waals surface area contributed by atoms with E-state index in [2.05, 4.69) is 10.5 Å². The molecule has 0 heterocycles. The van der Waals surface area contributed by atoms with Crippen LogP contribution in [0.3, 0.4) is 0 Å². The van der Waals surface area contributed by atoms with Crippen molar-refractivity contribution in [1.29, 1.82) is 0 Å². The highest BCUT2D eigenvalue weighted by molar-refractivity contribution is 6.32. The topological polar surface area (TPSA) is 103 Å². The van der Waals surface area contributed by atoms with Gasteiger partial charge in [-0.2, -0.15) is 5.10 Å². The summed E-state index contributed by atoms with van der Waals surface area (Å²) in [6.07, 6.45) is 1.38. The van der Waals surface area contributed by atoms with E-state index in [1.54, 1.807) is 18.2 Å². The largest absolute Gasteiger partial charge is 0.490 e. The van der Waals surface area contributed by atoms with Crippen molar-refractivity contribution in [2.45, 2.75) is 13.5 Å². The maximum absolute atomic E-state index is 12.2. The first-order valence-electron chi connectivity index (χ1n) is 9.79. The summed E-state index contributed by atoms with van der Waals surface area (Å²) in [7, 11) is 0. The van der Waals surface area contributed by atoms with E-state index in [0.29, 0.717) is 33.7 Å². The second kappa shape index (κ2) is 11.3. The number of hydrazone groups is 1. The van der Waals surface area contributed by atoms with Crippen molar-refractivity contribution in [3.8, 4) is 11.5 Å². The van der Waals surface area contributed by atoms with Gasteiger partial charge in [0.2, 0.25) is 0 Å². The zero-order valence-corrected chi connectivity index (χ0v) is 19.0. The molecular weight excluding hydrogens is 469 g/mol. The summed E-state index contributed by atoms with van der Waals surface area (Å²) >= 11 is 12.6. The number of hydrogen-bond acceptors (Lipinski definition) is 6. The summed E-state index contributed by atoms with van der Waals surface area (Å²) in [5, 5.41) is 15.6. The third-order valence-electron chi connectivity index (χ3n) is 4.36. The van der Waals surface area contributed by atoms with E-state index in [1.807, 2.05) is 25.1 Å². The third-order valence-corrected chi connectivity index (χ3v) is 5.01. The lowest BCUT2D eigenvalue weighted by molar-refractivity contribution is -0.384. The number of ether oxygens (including phenoxy) is 2. The van der Waals surface area contributed by atoms with Gasteiger partial charge in [-0.05, 0) is 36.8 Å². The Kier molecular flexibility index (Phi) is 8.23. The van der Waals surface area contributed by atoms with Crippen molar-refractivity contribution in [2.24, 2.45) is 5.10 Å². The molecule has 0 radical (unpaired) electrons. The molecule has 1 N–H and O–H groups in total. The molecule has 3 rings (SSSR count). The summed E-state index contributed by atoms with van der Waals surface area (Å²) in [4.78, 5) is 22.5. The zero-order valence-electron chi connectivity index (χ0n) is 17.5. The van der Waals surface area contributed by atoms with Crippen LogP contribution in [0.1, 0.15) is 28.4 Å². The van der Waals surface area contributed by atoms with Gasteiger partial charge in [-0.15, -0.1) is 0 Å². The van der Waals surface area contributed by atoms with Gasteiger partial charge >= 0.3 is 0 Å². The van der Waals surface area contributed by atoms with Gasteiger partial charge in [0.25, 0.3) is 11.6 Å². The van der Waals surface area contributed by atoms with Gasteiger partial charge in [-0.25, -0.2) is 5.43 Å². The fourth-order valence-electron chi connectivity index (χ4n) is 2.82. The van der Waals surface area contributed by atoms with Crippen molar-refractivity contribution in [3.63, 3.8) is 0 Å². The number of nitrogens with one attached hydrogen (secondary N) is 1. The molecule has 0 unspecified atom stereocenters. The lowest BCUT2D eigenvalue weighted by atomic mass is 10.2. The Bertz CT molecular complexity index is 1200. The molecule has 0 spiro atoms. The van der Waals surface area contributed by atoms with Crippen LogP contribution >= 0.6 is 23.2 Å². The Morgan fingerprint density at radius 2 is 1.88 bits per heavy atom. The minimum Gasteiger partial charge on any atom is -0.490 e. The predicted molar refractivity (Wildman–Crippen MR) is 127 cm³/mol. The maximum Gasteiger partial charge on any atom is 0.271 e. The van der Waals surface area contributed by atoms with E-state index >= 15 is 0 Å². The van der Waals surface area contributed by atoms with Gasteiger partial charge in [0.05, 0.1) is 22.8 Å². The Labute approximate surface area is 199 Å². The number of nitrogens with zero attached hydrogens (tertiary/aromatic N) is 2. The number of hydrogen-bond donors (Lipinski definition) is 1. The second-order valence-electron chi connectivity index (χ2n) is 6.65. The number of amides is 1. The number of benzene rings is 3. The van der Waals surface area contributed by atoms with Gasteiger partial charge in [-0.3, -0.25) is 14.9 Å². The molecule has 1 amide bonds. The molecule has 3 aromatic rings. The summed E-state index contributed by atoms with van der Waals surface area (Å²) in [6.45, 7) is 2.40. The van der Waals surface area contributed by atoms with Crippen molar-refractivity contribution >= 4 is 41.0 Å². The van der Waals surface area contributed by atoms with Crippen LogP contribution in [0.5, 0.6) is 11.5 Å². The molecule has 170 valence electrons. The van der Waals surface area contributed by atoms with Crippen LogP contribution in [0.2, 0.25) is 10.0 Å². The molecule has 0 bridgehead atoms. The van der Waals surface area contributed by atoms with Gasteiger partial charge in [-0.1, -0.05) is 47.5 Å². The number of non-ortho nitro benzene ring substituents is 1. The Hall–Kier alpha value is -3.62. The zero-order chi connectivity index (χ0) is 23.8. The molecule has 10 heteroatoms. The van der Waals surface area contributed by atoms with Crippen LogP contribution in [-0.4, -0.2) is 23.7 Å². The number of nitro benzene ring substituents is 1.